The van der Waals surface area contributed by atoms with Gasteiger partial charge < -0.3 is 15.3 Å². The molecular weight excluding hydrogens is 288 g/mol. The van der Waals surface area contributed by atoms with E-state index in [2.05, 4.69) is 26.1 Å². The first-order valence-electron chi connectivity index (χ1n) is 7.29. The minimum absolute atomic E-state index is 0.0218. The van der Waals surface area contributed by atoms with Crippen LogP contribution in [0, 0.1) is 5.41 Å². The number of carboxylic acid groups (broad SMARTS) is 1. The fraction of sp³-hybridized carbons (Fsp3) is 0.562. The van der Waals surface area contributed by atoms with Crippen molar-refractivity contribution in [3.63, 3.8) is 0 Å². The number of piperidine rings is 1. The molecule has 1 saturated heterocycles. The van der Waals surface area contributed by atoms with E-state index in [9.17, 15) is 9.90 Å². The minimum atomic E-state index is -0.820. The molecule has 2 N–H and O–H groups in total. The molecule has 2 unspecified atom stereocenters. The van der Waals surface area contributed by atoms with Crippen molar-refractivity contribution in [2.75, 3.05) is 11.9 Å². The van der Waals surface area contributed by atoms with Crippen LogP contribution in [-0.2, 0) is 0 Å². The zero-order chi connectivity index (χ0) is 15.6. The average molecular weight is 311 g/mol. The predicted molar refractivity (Wildman–Crippen MR) is 86.1 cm³/mol. The number of nitrogens with zero attached hydrogens (tertiary/aromatic N) is 1. The van der Waals surface area contributed by atoms with E-state index in [0.29, 0.717) is 11.6 Å². The fourth-order valence-electron chi connectivity index (χ4n) is 2.93. The van der Waals surface area contributed by atoms with E-state index in [4.69, 9.17) is 11.6 Å². The summed E-state index contributed by atoms with van der Waals surface area (Å²) in [6, 6.07) is 7.94. The SMILES string of the molecule is CC(C)(C)C1CC(Nc2ccc(Cl)cc2)CCN1C(=O)O. The Kier molecular flexibility index (Phi) is 4.67. The van der Waals surface area contributed by atoms with Crippen LogP contribution in [0.25, 0.3) is 0 Å². The molecule has 0 radical (unpaired) electrons. The number of hydrogen-bond acceptors (Lipinski definition) is 2. The number of amides is 1. The second-order valence-corrected chi connectivity index (χ2v) is 7.17. The summed E-state index contributed by atoms with van der Waals surface area (Å²) in [4.78, 5) is 13.0. The molecule has 5 heteroatoms. The molecule has 4 nitrogen and oxygen atoms in total. The molecule has 116 valence electrons. The quantitative estimate of drug-likeness (QED) is 0.856. The van der Waals surface area contributed by atoms with Gasteiger partial charge in [0.05, 0.1) is 0 Å². The molecule has 0 bridgehead atoms. The number of rotatable bonds is 2. The Morgan fingerprint density at radius 1 is 1.33 bits per heavy atom. The molecular formula is C16H23ClN2O2. The number of nitrogens with one attached hydrogen (secondary N) is 1. The molecule has 0 spiro atoms. The fourth-order valence-corrected chi connectivity index (χ4v) is 3.05. The average Bonchev–Trinajstić information content (AvgIpc) is 2.40. The van der Waals surface area contributed by atoms with Crippen molar-refractivity contribution in [1.29, 1.82) is 0 Å². The maximum Gasteiger partial charge on any atom is 0.407 e. The molecule has 1 amide bonds. The number of hydrogen-bond donors (Lipinski definition) is 2. The second-order valence-electron chi connectivity index (χ2n) is 6.73. The van der Waals surface area contributed by atoms with Crippen LogP contribution in [-0.4, -0.2) is 34.7 Å². The summed E-state index contributed by atoms with van der Waals surface area (Å²) in [6.07, 6.45) is 0.819. The third kappa shape index (κ3) is 4.03. The summed E-state index contributed by atoms with van der Waals surface area (Å²) in [6.45, 7) is 6.86. The van der Waals surface area contributed by atoms with Gasteiger partial charge in [0.2, 0.25) is 0 Å². The Balaban J connectivity index is 2.07. The lowest BCUT2D eigenvalue weighted by molar-refractivity contribution is 0.0557. The van der Waals surface area contributed by atoms with Crippen molar-refractivity contribution in [2.24, 2.45) is 5.41 Å². The van der Waals surface area contributed by atoms with E-state index in [-0.39, 0.29) is 17.5 Å². The van der Waals surface area contributed by atoms with Gasteiger partial charge in [0.15, 0.2) is 0 Å². The monoisotopic (exact) mass is 310 g/mol. The highest BCUT2D eigenvalue weighted by Gasteiger charge is 2.38. The maximum atomic E-state index is 11.4. The van der Waals surface area contributed by atoms with Gasteiger partial charge >= 0.3 is 6.09 Å². The van der Waals surface area contributed by atoms with Gasteiger partial charge in [-0.3, -0.25) is 0 Å². The number of halogens is 1. The predicted octanol–water partition coefficient (Wildman–Crippen LogP) is 4.31. The van der Waals surface area contributed by atoms with E-state index in [1.54, 1.807) is 4.90 Å². The number of benzene rings is 1. The molecule has 1 heterocycles. The Morgan fingerprint density at radius 2 is 1.95 bits per heavy atom. The molecule has 0 aromatic heterocycles. The highest BCUT2D eigenvalue weighted by atomic mass is 35.5. The van der Waals surface area contributed by atoms with Crippen molar-refractivity contribution >= 4 is 23.4 Å². The van der Waals surface area contributed by atoms with Crippen LogP contribution < -0.4 is 5.32 Å². The number of likely N-dealkylation sites (tertiary alicyclic amines) is 1. The van der Waals surface area contributed by atoms with Gasteiger partial charge in [0.1, 0.15) is 0 Å². The smallest absolute Gasteiger partial charge is 0.407 e. The first-order valence-corrected chi connectivity index (χ1v) is 7.67. The summed E-state index contributed by atoms with van der Waals surface area (Å²) in [7, 11) is 0. The van der Waals surface area contributed by atoms with Crippen molar-refractivity contribution in [2.45, 2.75) is 45.7 Å². The van der Waals surface area contributed by atoms with Gasteiger partial charge in [0.25, 0.3) is 0 Å². The summed E-state index contributed by atoms with van der Waals surface area (Å²) < 4.78 is 0. The topological polar surface area (TPSA) is 52.6 Å². The molecule has 1 aromatic rings. The minimum Gasteiger partial charge on any atom is -0.465 e. The summed E-state index contributed by atoms with van der Waals surface area (Å²) >= 11 is 5.89. The molecule has 1 aliphatic heterocycles. The van der Waals surface area contributed by atoms with Gasteiger partial charge in [-0.25, -0.2) is 4.79 Å². The summed E-state index contributed by atoms with van der Waals surface area (Å²) in [5.41, 5.74) is 0.958. The zero-order valence-electron chi connectivity index (χ0n) is 12.8. The zero-order valence-corrected chi connectivity index (χ0v) is 13.5. The van der Waals surface area contributed by atoms with Crippen LogP contribution in [0.15, 0.2) is 24.3 Å². The standard InChI is InChI=1S/C16H23ClN2O2/c1-16(2,3)14-10-13(8-9-19(14)15(20)21)18-12-6-4-11(17)5-7-12/h4-7,13-14,18H,8-10H2,1-3H3,(H,20,21). The molecule has 0 saturated carbocycles. The van der Waals surface area contributed by atoms with Crippen molar-refractivity contribution in [1.82, 2.24) is 4.90 Å². The van der Waals surface area contributed by atoms with Crippen molar-refractivity contribution < 1.29 is 9.90 Å². The van der Waals surface area contributed by atoms with Gasteiger partial charge in [-0.05, 0) is 42.5 Å². The highest BCUT2D eigenvalue weighted by Crippen LogP contribution is 2.33. The lowest BCUT2D eigenvalue weighted by Gasteiger charge is -2.44. The highest BCUT2D eigenvalue weighted by molar-refractivity contribution is 6.30. The van der Waals surface area contributed by atoms with E-state index in [1.807, 2.05) is 24.3 Å². The first-order chi connectivity index (χ1) is 9.77. The Morgan fingerprint density at radius 3 is 2.48 bits per heavy atom. The first kappa shape index (κ1) is 16.0. The van der Waals surface area contributed by atoms with E-state index in [1.165, 1.54) is 0 Å². The van der Waals surface area contributed by atoms with Crippen LogP contribution in [0.1, 0.15) is 33.6 Å². The molecule has 1 fully saturated rings. The molecule has 21 heavy (non-hydrogen) atoms. The molecule has 2 atom stereocenters. The van der Waals surface area contributed by atoms with Crippen LogP contribution in [0.4, 0.5) is 10.5 Å². The Labute approximate surface area is 131 Å². The molecule has 1 aromatic carbocycles. The number of anilines is 1. The largest absolute Gasteiger partial charge is 0.465 e. The van der Waals surface area contributed by atoms with Gasteiger partial charge in [-0.2, -0.15) is 0 Å². The van der Waals surface area contributed by atoms with Crippen molar-refractivity contribution in [3.8, 4) is 0 Å². The van der Waals surface area contributed by atoms with Crippen LogP contribution in [0.2, 0.25) is 5.02 Å². The Bertz CT molecular complexity index is 496. The third-order valence-electron chi connectivity index (χ3n) is 4.06. The van der Waals surface area contributed by atoms with E-state index in [0.717, 1.165) is 18.5 Å². The lowest BCUT2D eigenvalue weighted by Crippen LogP contribution is -2.54. The van der Waals surface area contributed by atoms with Crippen molar-refractivity contribution in [3.05, 3.63) is 29.3 Å². The second kappa shape index (κ2) is 6.14. The maximum absolute atomic E-state index is 11.4. The molecule has 2 rings (SSSR count). The van der Waals surface area contributed by atoms with Gasteiger partial charge in [0, 0.05) is 29.3 Å². The number of carbonyl (C=O) groups is 1. The normalized spacial score (nSPS) is 23.0. The Hall–Kier alpha value is -1.42. The summed E-state index contributed by atoms with van der Waals surface area (Å²) in [5.74, 6) is 0. The van der Waals surface area contributed by atoms with Crippen LogP contribution >= 0.6 is 11.6 Å². The van der Waals surface area contributed by atoms with Crippen LogP contribution in [0.5, 0.6) is 0 Å². The van der Waals surface area contributed by atoms with Gasteiger partial charge in [-0.15, -0.1) is 0 Å². The third-order valence-corrected chi connectivity index (χ3v) is 4.31. The van der Waals surface area contributed by atoms with E-state index < -0.39 is 6.09 Å². The lowest BCUT2D eigenvalue weighted by atomic mass is 9.79. The molecule has 0 aliphatic carbocycles. The van der Waals surface area contributed by atoms with Gasteiger partial charge in [-0.1, -0.05) is 32.4 Å². The molecule has 1 aliphatic rings. The summed E-state index contributed by atoms with van der Waals surface area (Å²) in [5, 5.41) is 13.6. The van der Waals surface area contributed by atoms with Crippen LogP contribution in [0.3, 0.4) is 0 Å². The van der Waals surface area contributed by atoms with E-state index >= 15 is 0 Å².